The molecule has 0 N–H and O–H groups in total. The quantitative estimate of drug-likeness (QED) is 0.361. The second-order valence-corrected chi connectivity index (χ2v) is 12.7. The van der Waals surface area contributed by atoms with Crippen molar-refractivity contribution in [2.24, 2.45) is 64.6 Å². The van der Waals surface area contributed by atoms with Crippen LogP contribution >= 0.6 is 0 Å². The molecule has 0 aromatic rings. The summed E-state index contributed by atoms with van der Waals surface area (Å²) in [6.45, 7) is 4.54. The second-order valence-electron chi connectivity index (χ2n) is 12.7. The fourth-order valence-corrected chi connectivity index (χ4v) is 10.6. The van der Waals surface area contributed by atoms with Gasteiger partial charge >= 0.3 is 5.97 Å². The molecule has 7 saturated carbocycles. The van der Waals surface area contributed by atoms with E-state index in [2.05, 4.69) is 26.0 Å². The van der Waals surface area contributed by atoms with Crippen molar-refractivity contribution in [3.63, 3.8) is 0 Å². The molecule has 8 aliphatic carbocycles. The van der Waals surface area contributed by atoms with Crippen LogP contribution in [-0.2, 0) is 9.53 Å². The van der Waals surface area contributed by atoms with Gasteiger partial charge in [-0.05, 0) is 125 Å². The molecule has 2 nitrogen and oxygen atoms in total. The second kappa shape index (κ2) is 5.27. The van der Waals surface area contributed by atoms with Gasteiger partial charge < -0.3 is 4.74 Å². The Morgan fingerprint density at radius 3 is 2.11 bits per heavy atom. The Balaban J connectivity index is 1.11. The van der Waals surface area contributed by atoms with Crippen LogP contribution in [0.5, 0.6) is 0 Å². The van der Waals surface area contributed by atoms with E-state index in [1.807, 2.05) is 0 Å². The maximum absolute atomic E-state index is 13.5. The highest BCUT2D eigenvalue weighted by Crippen LogP contribution is 2.68. The highest BCUT2D eigenvalue weighted by atomic mass is 16.6. The molecule has 0 spiro atoms. The maximum atomic E-state index is 13.5. The van der Waals surface area contributed by atoms with Crippen molar-refractivity contribution in [1.82, 2.24) is 0 Å². The minimum Gasteiger partial charge on any atom is -0.459 e. The summed E-state index contributed by atoms with van der Waals surface area (Å²) >= 11 is 0. The van der Waals surface area contributed by atoms with E-state index in [4.69, 9.17) is 4.74 Å². The summed E-state index contributed by atoms with van der Waals surface area (Å²) in [6, 6.07) is 0. The lowest BCUT2D eigenvalue weighted by Crippen LogP contribution is -2.57. The largest absolute Gasteiger partial charge is 0.459 e. The maximum Gasteiger partial charge on any atom is 0.309 e. The zero-order valence-electron chi connectivity index (χ0n) is 17.6. The van der Waals surface area contributed by atoms with E-state index in [9.17, 15) is 4.79 Å². The number of carbonyl (C=O) groups is 1. The van der Waals surface area contributed by atoms with Crippen molar-refractivity contribution in [3.8, 4) is 0 Å². The van der Waals surface area contributed by atoms with Crippen molar-refractivity contribution in [2.45, 2.75) is 77.2 Å². The van der Waals surface area contributed by atoms with E-state index in [0.717, 1.165) is 53.8 Å². The summed E-state index contributed by atoms with van der Waals surface area (Å²) in [7, 11) is 0. The van der Waals surface area contributed by atoms with Gasteiger partial charge in [0.2, 0.25) is 0 Å². The van der Waals surface area contributed by atoms with Gasteiger partial charge in [0.1, 0.15) is 5.60 Å². The van der Waals surface area contributed by atoms with E-state index < -0.39 is 0 Å². The first-order valence-electron chi connectivity index (χ1n) is 12.3. The van der Waals surface area contributed by atoms with Gasteiger partial charge in [-0.1, -0.05) is 12.2 Å². The monoisotopic (exact) mass is 380 g/mol. The number of esters is 1. The first-order chi connectivity index (χ1) is 13.4. The van der Waals surface area contributed by atoms with Gasteiger partial charge in [0, 0.05) is 5.41 Å². The zero-order chi connectivity index (χ0) is 18.8. The molecular formula is C26H36O2. The molecule has 8 bridgehead atoms. The van der Waals surface area contributed by atoms with E-state index in [1.165, 1.54) is 51.4 Å². The molecule has 0 amide bonds. The van der Waals surface area contributed by atoms with Crippen LogP contribution < -0.4 is 0 Å². The summed E-state index contributed by atoms with van der Waals surface area (Å²) in [5.41, 5.74) is -0.0113. The Kier molecular flexibility index (Phi) is 3.19. The van der Waals surface area contributed by atoms with Crippen molar-refractivity contribution < 1.29 is 9.53 Å². The van der Waals surface area contributed by atoms with Crippen LogP contribution in [0.4, 0.5) is 0 Å². The summed E-state index contributed by atoms with van der Waals surface area (Å²) in [6.07, 6.45) is 17.1. The molecule has 0 radical (unpaired) electrons. The Labute approximate surface area is 169 Å². The minimum atomic E-state index is -0.282. The van der Waals surface area contributed by atoms with Crippen LogP contribution in [0.1, 0.15) is 71.6 Å². The van der Waals surface area contributed by atoms with E-state index >= 15 is 0 Å². The van der Waals surface area contributed by atoms with Crippen molar-refractivity contribution in [1.29, 1.82) is 0 Å². The van der Waals surface area contributed by atoms with Gasteiger partial charge in [0.05, 0.1) is 5.92 Å². The molecule has 8 rings (SSSR count). The smallest absolute Gasteiger partial charge is 0.309 e. The molecule has 7 unspecified atom stereocenters. The van der Waals surface area contributed by atoms with Gasteiger partial charge in [-0.3, -0.25) is 4.79 Å². The molecule has 7 fully saturated rings. The molecule has 0 saturated heterocycles. The molecule has 0 aromatic heterocycles. The van der Waals surface area contributed by atoms with Crippen LogP contribution in [0.25, 0.3) is 0 Å². The zero-order valence-corrected chi connectivity index (χ0v) is 17.6. The molecule has 2 heteroatoms. The molecule has 0 aromatic carbocycles. The van der Waals surface area contributed by atoms with Crippen LogP contribution in [-0.4, -0.2) is 11.6 Å². The SMILES string of the molecule is CC(C)(OC(=O)C1CC2CC1C1C3C=CC(C3)C21)C12CC3CC(CC(C3)C1)C2. The average Bonchev–Trinajstić information content (AvgIpc) is 3.39. The molecular weight excluding hydrogens is 344 g/mol. The normalized spacial score (nSPS) is 57.2. The third-order valence-corrected chi connectivity index (χ3v) is 11.2. The Morgan fingerprint density at radius 1 is 0.857 bits per heavy atom. The first-order valence-corrected chi connectivity index (χ1v) is 12.3. The molecule has 0 heterocycles. The van der Waals surface area contributed by atoms with Crippen LogP contribution in [0.15, 0.2) is 12.2 Å². The number of hydrogen-bond acceptors (Lipinski definition) is 2. The van der Waals surface area contributed by atoms with Crippen LogP contribution in [0.2, 0.25) is 0 Å². The van der Waals surface area contributed by atoms with Crippen LogP contribution in [0.3, 0.4) is 0 Å². The number of rotatable bonds is 3. The molecule has 8 aliphatic rings. The van der Waals surface area contributed by atoms with E-state index in [1.54, 1.807) is 0 Å². The first kappa shape index (κ1) is 16.9. The summed E-state index contributed by atoms with van der Waals surface area (Å²) in [4.78, 5) is 13.5. The van der Waals surface area contributed by atoms with E-state index in [-0.39, 0.29) is 22.9 Å². The van der Waals surface area contributed by atoms with Crippen molar-refractivity contribution in [3.05, 3.63) is 12.2 Å². The van der Waals surface area contributed by atoms with Gasteiger partial charge in [-0.2, -0.15) is 0 Å². The fourth-order valence-electron chi connectivity index (χ4n) is 10.6. The highest BCUT2D eigenvalue weighted by molar-refractivity contribution is 5.74. The third-order valence-electron chi connectivity index (χ3n) is 11.2. The van der Waals surface area contributed by atoms with Gasteiger partial charge in [0.15, 0.2) is 0 Å². The van der Waals surface area contributed by atoms with Gasteiger partial charge in [0.25, 0.3) is 0 Å². The fraction of sp³-hybridized carbons (Fsp3) is 0.885. The molecule has 0 aliphatic heterocycles. The molecule has 28 heavy (non-hydrogen) atoms. The number of hydrogen-bond donors (Lipinski definition) is 0. The number of carbonyl (C=O) groups excluding carboxylic acids is 1. The Hall–Kier alpha value is -0.790. The predicted molar refractivity (Wildman–Crippen MR) is 108 cm³/mol. The number of allylic oxidation sites excluding steroid dienone is 2. The van der Waals surface area contributed by atoms with Crippen molar-refractivity contribution in [2.75, 3.05) is 0 Å². The Morgan fingerprint density at radius 2 is 1.46 bits per heavy atom. The third kappa shape index (κ3) is 2.04. The number of fused-ring (bicyclic) bond motifs is 9. The topological polar surface area (TPSA) is 26.3 Å². The predicted octanol–water partition coefficient (Wildman–Crippen LogP) is 5.62. The summed E-state index contributed by atoms with van der Waals surface area (Å²) in [5.74, 6) is 7.85. The van der Waals surface area contributed by atoms with Gasteiger partial charge in [-0.15, -0.1) is 0 Å². The lowest BCUT2D eigenvalue weighted by Gasteiger charge is -2.61. The molecule has 152 valence electrons. The average molecular weight is 381 g/mol. The summed E-state index contributed by atoms with van der Waals surface area (Å²) in [5, 5.41) is 0. The van der Waals surface area contributed by atoms with Gasteiger partial charge in [-0.25, -0.2) is 0 Å². The minimum absolute atomic E-state index is 0.179. The summed E-state index contributed by atoms with van der Waals surface area (Å²) < 4.78 is 6.53. The lowest BCUT2D eigenvalue weighted by atomic mass is 9.46. The lowest BCUT2D eigenvalue weighted by molar-refractivity contribution is -0.204. The Bertz CT molecular complexity index is 712. The standard InChI is InChI=1S/C26H36O2/c1-25(2,26-11-14-5-15(12-26)7-16(6-14)13-26)28-24(27)21-10-19-9-20(21)23-18-4-3-17(8-18)22(19)23/h3-4,14-23H,5-13H2,1-2H3. The number of ether oxygens (including phenoxy) is 1. The molecule has 7 atom stereocenters. The van der Waals surface area contributed by atoms with E-state index in [0.29, 0.717) is 5.92 Å². The van der Waals surface area contributed by atoms with Crippen molar-refractivity contribution >= 4 is 5.97 Å². The van der Waals surface area contributed by atoms with Crippen LogP contribution in [0, 0.1) is 64.6 Å². The highest BCUT2D eigenvalue weighted by Gasteiger charge is 2.64.